The molecule has 14 heavy (non-hydrogen) atoms. The standard InChI is InChI=1S/C8H9N5O/c1-14-8-6(9)7(10-5-11-8)13-4-2-3-12-13/h2-5H,9H2,1H3. The maximum atomic E-state index is 5.77. The zero-order valence-electron chi connectivity index (χ0n) is 7.58. The van der Waals surface area contributed by atoms with Gasteiger partial charge in [0.2, 0.25) is 5.88 Å². The third-order valence-corrected chi connectivity index (χ3v) is 1.74. The van der Waals surface area contributed by atoms with Crippen molar-refractivity contribution in [3.05, 3.63) is 24.8 Å². The minimum absolute atomic E-state index is 0.352. The number of ether oxygens (including phenoxy) is 1. The van der Waals surface area contributed by atoms with Gasteiger partial charge in [-0.1, -0.05) is 0 Å². The number of hydrogen-bond acceptors (Lipinski definition) is 5. The lowest BCUT2D eigenvalue weighted by Gasteiger charge is -2.06. The van der Waals surface area contributed by atoms with E-state index in [0.29, 0.717) is 17.4 Å². The maximum Gasteiger partial charge on any atom is 0.242 e. The molecule has 0 radical (unpaired) electrons. The lowest BCUT2D eigenvalue weighted by Crippen LogP contribution is -2.06. The molecule has 0 amide bonds. The fourth-order valence-electron chi connectivity index (χ4n) is 1.11. The van der Waals surface area contributed by atoms with Gasteiger partial charge < -0.3 is 10.5 Å². The molecule has 0 bridgehead atoms. The van der Waals surface area contributed by atoms with Crippen LogP contribution in [-0.4, -0.2) is 26.9 Å². The molecule has 2 aromatic rings. The summed E-state index contributed by atoms with van der Waals surface area (Å²) in [5.74, 6) is 0.868. The van der Waals surface area contributed by atoms with Gasteiger partial charge in [-0.05, 0) is 6.07 Å². The molecule has 2 heterocycles. The van der Waals surface area contributed by atoms with Crippen LogP contribution in [0.4, 0.5) is 5.69 Å². The summed E-state index contributed by atoms with van der Waals surface area (Å²) in [4.78, 5) is 7.88. The van der Waals surface area contributed by atoms with Crippen molar-refractivity contribution in [2.45, 2.75) is 0 Å². The zero-order valence-corrected chi connectivity index (χ0v) is 7.58. The Bertz CT molecular complexity index is 425. The van der Waals surface area contributed by atoms with Crippen molar-refractivity contribution in [2.24, 2.45) is 0 Å². The second kappa shape index (κ2) is 3.33. The van der Waals surface area contributed by atoms with Crippen LogP contribution in [0.25, 0.3) is 5.82 Å². The number of nitrogens with zero attached hydrogens (tertiary/aromatic N) is 4. The SMILES string of the molecule is COc1ncnc(-n2cccn2)c1N. The summed E-state index contributed by atoms with van der Waals surface area (Å²) in [6, 6.07) is 1.79. The first kappa shape index (κ1) is 8.49. The van der Waals surface area contributed by atoms with Crippen LogP contribution < -0.4 is 10.5 Å². The molecule has 6 heteroatoms. The summed E-state index contributed by atoms with van der Waals surface area (Å²) >= 11 is 0. The predicted molar refractivity (Wildman–Crippen MR) is 50.1 cm³/mol. The Morgan fingerprint density at radius 2 is 2.29 bits per heavy atom. The Hall–Kier alpha value is -2.11. The van der Waals surface area contributed by atoms with Crippen LogP contribution in [0.3, 0.4) is 0 Å². The van der Waals surface area contributed by atoms with Gasteiger partial charge in [-0.3, -0.25) is 0 Å². The van der Waals surface area contributed by atoms with Crippen molar-refractivity contribution in [3.8, 4) is 11.7 Å². The summed E-state index contributed by atoms with van der Waals surface area (Å²) in [6.07, 6.45) is 4.78. The van der Waals surface area contributed by atoms with Gasteiger partial charge in [0.1, 0.15) is 12.0 Å². The highest BCUT2D eigenvalue weighted by Gasteiger charge is 2.09. The van der Waals surface area contributed by atoms with E-state index in [4.69, 9.17) is 10.5 Å². The molecule has 0 spiro atoms. The average molecular weight is 191 g/mol. The molecule has 0 aliphatic heterocycles. The van der Waals surface area contributed by atoms with Crippen LogP contribution in [0.2, 0.25) is 0 Å². The van der Waals surface area contributed by atoms with E-state index in [0.717, 1.165) is 0 Å². The highest BCUT2D eigenvalue weighted by molar-refractivity contribution is 5.59. The van der Waals surface area contributed by atoms with E-state index in [-0.39, 0.29) is 0 Å². The summed E-state index contributed by atoms with van der Waals surface area (Å²) < 4.78 is 6.52. The first-order valence-corrected chi connectivity index (χ1v) is 3.97. The second-order valence-electron chi connectivity index (χ2n) is 2.57. The topological polar surface area (TPSA) is 78.9 Å². The molecule has 0 saturated carbocycles. The van der Waals surface area contributed by atoms with E-state index < -0.39 is 0 Å². The number of nitrogen functional groups attached to an aromatic ring is 1. The molecular formula is C8H9N5O. The highest BCUT2D eigenvalue weighted by Crippen LogP contribution is 2.21. The van der Waals surface area contributed by atoms with Crippen LogP contribution in [0.15, 0.2) is 24.8 Å². The molecule has 0 fully saturated rings. The summed E-state index contributed by atoms with van der Waals surface area (Å²) in [6.45, 7) is 0. The average Bonchev–Trinajstić information content (AvgIpc) is 2.71. The van der Waals surface area contributed by atoms with Crippen molar-refractivity contribution in [1.29, 1.82) is 0 Å². The summed E-state index contributed by atoms with van der Waals surface area (Å²) in [5, 5.41) is 4.01. The number of nitrogens with two attached hydrogens (primary N) is 1. The number of rotatable bonds is 2. The molecular weight excluding hydrogens is 182 g/mol. The molecule has 2 rings (SSSR count). The third-order valence-electron chi connectivity index (χ3n) is 1.74. The third kappa shape index (κ3) is 1.26. The summed E-state index contributed by atoms with van der Waals surface area (Å²) in [7, 11) is 1.51. The molecule has 2 aromatic heterocycles. The lowest BCUT2D eigenvalue weighted by molar-refractivity contribution is 0.399. The Kier molecular flexibility index (Phi) is 2.02. The highest BCUT2D eigenvalue weighted by atomic mass is 16.5. The van der Waals surface area contributed by atoms with Gasteiger partial charge in [0.05, 0.1) is 7.11 Å². The molecule has 0 aliphatic carbocycles. The normalized spacial score (nSPS) is 10.1. The molecule has 0 saturated heterocycles. The maximum absolute atomic E-state index is 5.77. The number of hydrogen-bond donors (Lipinski definition) is 1. The van der Waals surface area contributed by atoms with Crippen molar-refractivity contribution >= 4 is 5.69 Å². The predicted octanol–water partition coefficient (Wildman–Crippen LogP) is 0.253. The molecule has 0 aliphatic rings. The second-order valence-corrected chi connectivity index (χ2v) is 2.57. The lowest BCUT2D eigenvalue weighted by atomic mass is 10.4. The molecule has 2 N–H and O–H groups in total. The molecule has 6 nitrogen and oxygen atoms in total. The van der Waals surface area contributed by atoms with E-state index >= 15 is 0 Å². The molecule has 0 unspecified atom stereocenters. The minimum atomic E-state index is 0.352. The largest absolute Gasteiger partial charge is 0.479 e. The van der Waals surface area contributed by atoms with Crippen LogP contribution in [0.1, 0.15) is 0 Å². The van der Waals surface area contributed by atoms with Crippen molar-refractivity contribution in [2.75, 3.05) is 12.8 Å². The van der Waals surface area contributed by atoms with E-state index in [1.54, 1.807) is 23.1 Å². The van der Waals surface area contributed by atoms with Crippen molar-refractivity contribution < 1.29 is 4.74 Å². The van der Waals surface area contributed by atoms with Gasteiger partial charge in [-0.25, -0.2) is 9.67 Å². The van der Waals surface area contributed by atoms with E-state index in [9.17, 15) is 0 Å². The Morgan fingerprint density at radius 3 is 2.93 bits per heavy atom. The van der Waals surface area contributed by atoms with E-state index in [1.165, 1.54) is 13.4 Å². The van der Waals surface area contributed by atoms with Crippen molar-refractivity contribution in [3.63, 3.8) is 0 Å². The van der Waals surface area contributed by atoms with Crippen LogP contribution in [0.5, 0.6) is 5.88 Å². The summed E-state index contributed by atoms with van der Waals surface area (Å²) in [5.41, 5.74) is 6.15. The zero-order chi connectivity index (χ0) is 9.97. The first-order valence-electron chi connectivity index (χ1n) is 3.97. The van der Waals surface area contributed by atoms with Gasteiger partial charge in [-0.2, -0.15) is 10.1 Å². The smallest absolute Gasteiger partial charge is 0.242 e. The number of aromatic nitrogens is 4. The van der Waals surface area contributed by atoms with Crippen molar-refractivity contribution in [1.82, 2.24) is 19.7 Å². The number of anilines is 1. The molecule has 0 atom stereocenters. The molecule has 0 aromatic carbocycles. The van der Waals surface area contributed by atoms with E-state index in [1.807, 2.05) is 0 Å². The Balaban J connectivity index is 2.54. The van der Waals surface area contributed by atoms with Crippen LogP contribution >= 0.6 is 0 Å². The van der Waals surface area contributed by atoms with Gasteiger partial charge in [0.15, 0.2) is 5.82 Å². The van der Waals surface area contributed by atoms with Gasteiger partial charge >= 0.3 is 0 Å². The van der Waals surface area contributed by atoms with Gasteiger partial charge in [0.25, 0.3) is 0 Å². The fourth-order valence-corrected chi connectivity index (χ4v) is 1.11. The Labute approximate surface area is 80.4 Å². The quantitative estimate of drug-likeness (QED) is 0.736. The Morgan fingerprint density at radius 1 is 1.43 bits per heavy atom. The molecule has 72 valence electrons. The van der Waals surface area contributed by atoms with Crippen LogP contribution in [0, 0.1) is 0 Å². The van der Waals surface area contributed by atoms with Crippen LogP contribution in [-0.2, 0) is 0 Å². The number of methoxy groups -OCH3 is 1. The monoisotopic (exact) mass is 191 g/mol. The fraction of sp³-hybridized carbons (Fsp3) is 0.125. The first-order chi connectivity index (χ1) is 6.83. The van der Waals surface area contributed by atoms with Gasteiger partial charge in [-0.15, -0.1) is 0 Å². The van der Waals surface area contributed by atoms with Gasteiger partial charge in [0, 0.05) is 12.4 Å². The van der Waals surface area contributed by atoms with E-state index in [2.05, 4.69) is 15.1 Å². The minimum Gasteiger partial charge on any atom is -0.479 e.